The van der Waals surface area contributed by atoms with Crippen LogP contribution in [-0.2, 0) is 0 Å². The van der Waals surface area contributed by atoms with Crippen molar-refractivity contribution in [3.63, 3.8) is 0 Å². The molecule has 0 aliphatic rings. The van der Waals surface area contributed by atoms with Gasteiger partial charge in [-0.15, -0.1) is 0 Å². The van der Waals surface area contributed by atoms with E-state index in [9.17, 15) is 0 Å². The van der Waals surface area contributed by atoms with Gasteiger partial charge >= 0.3 is 0 Å². The molecule has 3 nitrogen and oxygen atoms in total. The summed E-state index contributed by atoms with van der Waals surface area (Å²) in [5.74, 6) is 0.788. The molecule has 1 N–H and O–H groups in total. The molecule has 0 saturated carbocycles. The molecule has 0 aromatic carbocycles. The topological polar surface area (TPSA) is 37.8 Å². The zero-order valence-corrected chi connectivity index (χ0v) is 8.12. The van der Waals surface area contributed by atoms with E-state index in [1.807, 2.05) is 26.1 Å². The lowest BCUT2D eigenvalue weighted by molar-refractivity contribution is 0.809. The van der Waals surface area contributed by atoms with E-state index >= 15 is 0 Å². The van der Waals surface area contributed by atoms with E-state index in [1.165, 1.54) is 0 Å². The third-order valence-corrected chi connectivity index (χ3v) is 1.64. The smallest absolute Gasteiger partial charge is 0.151 e. The number of aryl methyl sites for hydroxylation is 1. The molecular formula is C10H15N3. The molecule has 1 rings (SSSR count). The molecule has 0 spiro atoms. The second-order valence-corrected chi connectivity index (χ2v) is 2.85. The van der Waals surface area contributed by atoms with Gasteiger partial charge in [-0.2, -0.15) is 0 Å². The summed E-state index contributed by atoms with van der Waals surface area (Å²) in [6.45, 7) is 2.95. The van der Waals surface area contributed by atoms with Crippen LogP contribution in [0.15, 0.2) is 18.3 Å². The summed E-state index contributed by atoms with van der Waals surface area (Å²) in [4.78, 5) is 8.37. The summed E-state index contributed by atoms with van der Waals surface area (Å²) >= 11 is 0. The van der Waals surface area contributed by atoms with Gasteiger partial charge in [0.05, 0.1) is 0 Å². The Kier molecular flexibility index (Phi) is 4.12. The van der Waals surface area contributed by atoms with E-state index in [-0.39, 0.29) is 0 Å². The third-order valence-electron chi connectivity index (χ3n) is 1.64. The summed E-state index contributed by atoms with van der Waals surface area (Å²) in [5, 5.41) is 3.07. The van der Waals surface area contributed by atoms with Crippen molar-refractivity contribution in [3.8, 4) is 0 Å². The number of nitrogens with one attached hydrogen (secondary N) is 1. The van der Waals surface area contributed by atoms with Crippen LogP contribution in [0, 0.1) is 6.92 Å². The highest BCUT2D eigenvalue weighted by molar-refractivity contribution is 5.39. The zero-order chi connectivity index (χ0) is 9.52. The second kappa shape index (κ2) is 5.43. The van der Waals surface area contributed by atoms with Gasteiger partial charge in [-0.05, 0) is 39.1 Å². The summed E-state index contributed by atoms with van der Waals surface area (Å²) in [6, 6.07) is 1.89. The van der Waals surface area contributed by atoms with Crippen LogP contribution in [0.3, 0.4) is 0 Å². The van der Waals surface area contributed by atoms with Gasteiger partial charge in [-0.3, -0.25) is 0 Å². The molecule has 0 aliphatic carbocycles. The van der Waals surface area contributed by atoms with E-state index in [0.717, 1.165) is 24.5 Å². The minimum atomic E-state index is 0.788. The number of aromatic nitrogens is 2. The molecule has 0 amide bonds. The Morgan fingerprint density at radius 3 is 3.08 bits per heavy atom. The molecule has 0 atom stereocenters. The molecule has 3 heteroatoms. The number of hydrogen-bond acceptors (Lipinski definition) is 3. The van der Waals surface area contributed by atoms with Crippen molar-refractivity contribution >= 4 is 6.08 Å². The molecule has 0 fully saturated rings. The predicted molar refractivity (Wildman–Crippen MR) is 54.3 cm³/mol. The van der Waals surface area contributed by atoms with E-state index in [1.54, 1.807) is 6.20 Å². The van der Waals surface area contributed by atoms with Gasteiger partial charge in [0.1, 0.15) is 0 Å². The van der Waals surface area contributed by atoms with Crippen molar-refractivity contribution in [2.75, 3.05) is 13.6 Å². The van der Waals surface area contributed by atoms with Crippen LogP contribution in [0.5, 0.6) is 0 Å². The minimum absolute atomic E-state index is 0.788. The number of nitrogens with zero attached hydrogens (tertiary/aromatic N) is 2. The van der Waals surface area contributed by atoms with Crippen molar-refractivity contribution < 1.29 is 0 Å². The molecule has 0 aliphatic heterocycles. The first kappa shape index (κ1) is 9.86. The fraction of sp³-hybridized carbons (Fsp3) is 0.400. The lowest BCUT2D eigenvalue weighted by Gasteiger charge is -1.94. The first-order valence-corrected chi connectivity index (χ1v) is 4.43. The molecule has 1 aromatic rings. The molecule has 13 heavy (non-hydrogen) atoms. The van der Waals surface area contributed by atoms with Crippen molar-refractivity contribution in [2.24, 2.45) is 0 Å². The Labute approximate surface area is 78.9 Å². The maximum absolute atomic E-state index is 4.25. The minimum Gasteiger partial charge on any atom is -0.319 e. The van der Waals surface area contributed by atoms with Crippen LogP contribution < -0.4 is 5.32 Å². The van der Waals surface area contributed by atoms with Gasteiger partial charge in [0.2, 0.25) is 0 Å². The lowest BCUT2D eigenvalue weighted by Crippen LogP contribution is -2.05. The quantitative estimate of drug-likeness (QED) is 0.706. The molecule has 0 radical (unpaired) electrons. The summed E-state index contributed by atoms with van der Waals surface area (Å²) in [7, 11) is 1.94. The molecular weight excluding hydrogens is 162 g/mol. The fourth-order valence-corrected chi connectivity index (χ4v) is 0.965. The Morgan fingerprint density at radius 1 is 1.54 bits per heavy atom. The first-order valence-electron chi connectivity index (χ1n) is 4.43. The average molecular weight is 177 g/mol. The monoisotopic (exact) mass is 177 g/mol. The molecule has 0 unspecified atom stereocenters. The van der Waals surface area contributed by atoms with Crippen LogP contribution in [-0.4, -0.2) is 23.6 Å². The highest BCUT2D eigenvalue weighted by Crippen LogP contribution is 1.96. The van der Waals surface area contributed by atoms with Gasteiger partial charge in [0.25, 0.3) is 0 Å². The van der Waals surface area contributed by atoms with Crippen LogP contribution in [0.25, 0.3) is 6.08 Å². The highest BCUT2D eigenvalue weighted by atomic mass is 14.9. The van der Waals surface area contributed by atoms with Crippen molar-refractivity contribution in [1.29, 1.82) is 0 Å². The third kappa shape index (κ3) is 3.80. The number of hydrogen-bond donors (Lipinski definition) is 1. The molecule has 1 aromatic heterocycles. The molecule has 1 heterocycles. The average Bonchev–Trinajstić information content (AvgIpc) is 2.13. The normalized spacial score (nSPS) is 10.9. The van der Waals surface area contributed by atoms with Crippen LogP contribution in [0.2, 0.25) is 0 Å². The molecule has 0 saturated heterocycles. The largest absolute Gasteiger partial charge is 0.319 e. The molecule has 0 bridgehead atoms. The molecule has 70 valence electrons. The summed E-state index contributed by atoms with van der Waals surface area (Å²) < 4.78 is 0. The summed E-state index contributed by atoms with van der Waals surface area (Å²) in [5.41, 5.74) is 1.00. The van der Waals surface area contributed by atoms with Gasteiger partial charge in [-0.1, -0.05) is 6.08 Å². The first-order chi connectivity index (χ1) is 6.33. The van der Waals surface area contributed by atoms with Crippen LogP contribution >= 0.6 is 0 Å². The Morgan fingerprint density at radius 2 is 2.38 bits per heavy atom. The Bertz CT molecular complexity index is 281. The van der Waals surface area contributed by atoms with E-state index in [0.29, 0.717) is 0 Å². The van der Waals surface area contributed by atoms with E-state index in [4.69, 9.17) is 0 Å². The second-order valence-electron chi connectivity index (χ2n) is 2.85. The zero-order valence-electron chi connectivity index (χ0n) is 8.12. The highest BCUT2D eigenvalue weighted by Gasteiger charge is 1.89. The maximum atomic E-state index is 4.25. The Balaban J connectivity index is 2.48. The summed E-state index contributed by atoms with van der Waals surface area (Å²) in [6.07, 6.45) is 6.81. The van der Waals surface area contributed by atoms with Gasteiger partial charge in [-0.25, -0.2) is 9.97 Å². The number of rotatable bonds is 4. The lowest BCUT2D eigenvalue weighted by atomic mass is 10.3. The Hall–Kier alpha value is -1.22. The van der Waals surface area contributed by atoms with Crippen molar-refractivity contribution in [3.05, 3.63) is 29.9 Å². The van der Waals surface area contributed by atoms with Crippen LogP contribution in [0.1, 0.15) is 17.9 Å². The van der Waals surface area contributed by atoms with Crippen LogP contribution in [0.4, 0.5) is 0 Å². The SMILES string of the molecule is CNCCC=Cc1nccc(C)n1. The van der Waals surface area contributed by atoms with E-state index < -0.39 is 0 Å². The maximum Gasteiger partial charge on any atom is 0.151 e. The standard InChI is InChI=1S/C10H15N3/c1-9-6-8-12-10(13-9)5-3-4-7-11-2/h3,5-6,8,11H,4,7H2,1-2H3. The van der Waals surface area contributed by atoms with E-state index in [2.05, 4.69) is 21.4 Å². The van der Waals surface area contributed by atoms with Crippen molar-refractivity contribution in [2.45, 2.75) is 13.3 Å². The van der Waals surface area contributed by atoms with Gasteiger partial charge in [0.15, 0.2) is 5.82 Å². The van der Waals surface area contributed by atoms with Gasteiger partial charge < -0.3 is 5.32 Å². The fourth-order valence-electron chi connectivity index (χ4n) is 0.965. The predicted octanol–water partition coefficient (Wildman–Crippen LogP) is 1.41. The van der Waals surface area contributed by atoms with Crippen molar-refractivity contribution in [1.82, 2.24) is 15.3 Å². The van der Waals surface area contributed by atoms with Gasteiger partial charge in [0, 0.05) is 11.9 Å².